The quantitative estimate of drug-likeness (QED) is 0.577. The van der Waals surface area contributed by atoms with Crippen LogP contribution in [0.15, 0.2) is 28.1 Å². The first-order valence-corrected chi connectivity index (χ1v) is 8.79. The summed E-state index contributed by atoms with van der Waals surface area (Å²) in [4.78, 5) is 11.9. The van der Waals surface area contributed by atoms with Gasteiger partial charge in [0.25, 0.3) is 0 Å². The molecule has 3 aromatic heterocycles. The molecule has 0 aliphatic heterocycles. The zero-order chi connectivity index (χ0) is 15.6. The molecule has 1 aliphatic rings. The van der Waals surface area contributed by atoms with Gasteiger partial charge < -0.3 is 4.42 Å². The third-order valence-corrected chi connectivity index (χ3v) is 5.29. The average molecular weight is 326 g/mol. The summed E-state index contributed by atoms with van der Waals surface area (Å²) >= 11 is 1.82. The van der Waals surface area contributed by atoms with Gasteiger partial charge in [-0.1, -0.05) is 6.92 Å². The van der Waals surface area contributed by atoms with Gasteiger partial charge in [-0.2, -0.15) is 5.10 Å². The summed E-state index contributed by atoms with van der Waals surface area (Å²) < 4.78 is 5.04. The largest absolute Gasteiger partial charge is 0.472 e. The number of anilines is 1. The van der Waals surface area contributed by atoms with E-state index in [0.717, 1.165) is 46.7 Å². The van der Waals surface area contributed by atoms with Crippen LogP contribution in [0.25, 0.3) is 10.2 Å². The summed E-state index contributed by atoms with van der Waals surface area (Å²) in [5, 5.41) is 5.48. The molecule has 23 heavy (non-hydrogen) atoms. The Morgan fingerprint density at radius 3 is 3.09 bits per heavy atom. The van der Waals surface area contributed by atoms with Crippen LogP contribution < -0.4 is 5.43 Å². The fourth-order valence-corrected chi connectivity index (χ4v) is 4.24. The molecule has 1 aliphatic carbocycles. The maximum atomic E-state index is 5.04. The highest BCUT2D eigenvalue weighted by Gasteiger charge is 2.20. The fourth-order valence-electron chi connectivity index (χ4n) is 2.96. The van der Waals surface area contributed by atoms with Gasteiger partial charge in [-0.25, -0.2) is 9.97 Å². The molecule has 6 heteroatoms. The maximum absolute atomic E-state index is 5.04. The Morgan fingerprint density at radius 2 is 2.26 bits per heavy atom. The standard InChI is InChI=1S/C17H18N4OS/c1-2-14-19-16(21-18-9-11-7-8-22-10-11)15-12-5-3-4-6-13(12)23-17(15)20-14/h7-10H,2-6H2,1H3,(H,19,20,21)/b18-9-. The summed E-state index contributed by atoms with van der Waals surface area (Å²) in [6.07, 6.45) is 10.6. The normalized spacial score (nSPS) is 14.5. The summed E-state index contributed by atoms with van der Waals surface area (Å²) in [5.41, 5.74) is 5.46. The molecule has 3 heterocycles. The Balaban J connectivity index is 1.75. The van der Waals surface area contributed by atoms with Crippen LogP contribution in [0, 0.1) is 0 Å². The number of rotatable bonds is 4. The van der Waals surface area contributed by atoms with Crippen LogP contribution in [-0.2, 0) is 19.3 Å². The maximum Gasteiger partial charge on any atom is 0.159 e. The van der Waals surface area contributed by atoms with Gasteiger partial charge in [-0.3, -0.25) is 5.43 Å². The lowest BCUT2D eigenvalue weighted by molar-refractivity contribution is 0.567. The van der Waals surface area contributed by atoms with Crippen LogP contribution in [0.1, 0.15) is 41.6 Å². The van der Waals surface area contributed by atoms with E-state index in [4.69, 9.17) is 9.40 Å². The van der Waals surface area contributed by atoms with Crippen molar-refractivity contribution in [3.8, 4) is 0 Å². The van der Waals surface area contributed by atoms with E-state index in [2.05, 4.69) is 22.4 Å². The molecule has 0 unspecified atom stereocenters. The lowest BCUT2D eigenvalue weighted by Crippen LogP contribution is -2.03. The zero-order valence-corrected chi connectivity index (χ0v) is 13.8. The molecule has 5 nitrogen and oxygen atoms in total. The van der Waals surface area contributed by atoms with E-state index in [1.54, 1.807) is 18.7 Å². The Morgan fingerprint density at radius 1 is 1.35 bits per heavy atom. The molecule has 0 fully saturated rings. The molecule has 118 valence electrons. The SMILES string of the molecule is CCc1nc(N/N=C\c2ccoc2)c2c3c(sc2n1)CCCC3. The lowest BCUT2D eigenvalue weighted by Gasteiger charge is -2.11. The van der Waals surface area contributed by atoms with Crippen LogP contribution in [0.2, 0.25) is 0 Å². The number of nitrogens with zero attached hydrogens (tertiary/aromatic N) is 3. The van der Waals surface area contributed by atoms with Crippen LogP contribution >= 0.6 is 11.3 Å². The van der Waals surface area contributed by atoms with Crippen LogP contribution in [-0.4, -0.2) is 16.2 Å². The predicted octanol–water partition coefficient (Wildman–Crippen LogP) is 4.17. The van der Waals surface area contributed by atoms with Crippen molar-refractivity contribution in [1.82, 2.24) is 9.97 Å². The monoisotopic (exact) mass is 326 g/mol. The first-order chi connectivity index (χ1) is 11.3. The van der Waals surface area contributed by atoms with Crippen molar-refractivity contribution < 1.29 is 4.42 Å². The number of hydrazone groups is 1. The minimum atomic E-state index is 0.818. The van der Waals surface area contributed by atoms with Gasteiger partial charge >= 0.3 is 0 Å². The average Bonchev–Trinajstić information content (AvgIpc) is 3.21. The molecule has 0 saturated heterocycles. The van der Waals surface area contributed by atoms with E-state index in [0.29, 0.717) is 0 Å². The Hall–Kier alpha value is -2.21. The van der Waals surface area contributed by atoms with Crippen molar-refractivity contribution >= 4 is 33.6 Å². The van der Waals surface area contributed by atoms with Gasteiger partial charge in [0.15, 0.2) is 5.82 Å². The van der Waals surface area contributed by atoms with E-state index in [1.807, 2.05) is 17.4 Å². The Bertz CT molecular complexity index is 851. The molecule has 0 aromatic carbocycles. The Kier molecular flexibility index (Phi) is 3.83. The smallest absolute Gasteiger partial charge is 0.159 e. The number of nitrogens with one attached hydrogen (secondary N) is 1. The number of thiophene rings is 1. The molecule has 0 saturated carbocycles. The van der Waals surface area contributed by atoms with E-state index >= 15 is 0 Å². The first-order valence-electron chi connectivity index (χ1n) is 7.97. The molecule has 0 radical (unpaired) electrons. The van der Waals surface area contributed by atoms with Crippen LogP contribution in [0.3, 0.4) is 0 Å². The second-order valence-corrected chi connectivity index (χ2v) is 6.74. The minimum absolute atomic E-state index is 0.818. The van der Waals surface area contributed by atoms with Gasteiger partial charge in [0.2, 0.25) is 0 Å². The third kappa shape index (κ3) is 2.74. The number of fused-ring (bicyclic) bond motifs is 3. The number of hydrogen-bond acceptors (Lipinski definition) is 6. The van der Waals surface area contributed by atoms with Gasteiger partial charge in [0.1, 0.15) is 10.7 Å². The number of aryl methyl sites for hydroxylation is 3. The van der Waals surface area contributed by atoms with Crippen molar-refractivity contribution in [2.75, 3.05) is 5.43 Å². The molecule has 1 N–H and O–H groups in total. The van der Waals surface area contributed by atoms with Crippen molar-refractivity contribution in [2.24, 2.45) is 5.10 Å². The zero-order valence-electron chi connectivity index (χ0n) is 13.0. The topological polar surface area (TPSA) is 63.3 Å². The summed E-state index contributed by atoms with van der Waals surface area (Å²) in [5.74, 6) is 1.68. The summed E-state index contributed by atoms with van der Waals surface area (Å²) in [6.45, 7) is 2.08. The second-order valence-electron chi connectivity index (χ2n) is 5.66. The van der Waals surface area contributed by atoms with Crippen molar-refractivity contribution in [2.45, 2.75) is 39.0 Å². The summed E-state index contributed by atoms with van der Waals surface area (Å²) in [7, 11) is 0. The first kappa shape index (κ1) is 14.4. The van der Waals surface area contributed by atoms with Crippen molar-refractivity contribution in [1.29, 1.82) is 0 Å². The second kappa shape index (κ2) is 6.12. The lowest BCUT2D eigenvalue weighted by atomic mass is 9.97. The van der Waals surface area contributed by atoms with Gasteiger partial charge in [-0.05, 0) is 37.3 Å². The molecule has 3 aromatic rings. The Labute approximate surface area is 138 Å². The van der Waals surface area contributed by atoms with Crippen LogP contribution in [0.4, 0.5) is 5.82 Å². The number of hydrogen-bond donors (Lipinski definition) is 1. The highest BCUT2D eigenvalue weighted by Crippen LogP contribution is 2.38. The molecule has 0 spiro atoms. The van der Waals surface area contributed by atoms with E-state index in [-0.39, 0.29) is 0 Å². The van der Waals surface area contributed by atoms with Gasteiger partial charge in [-0.15, -0.1) is 11.3 Å². The highest BCUT2D eigenvalue weighted by molar-refractivity contribution is 7.19. The molecule has 0 atom stereocenters. The molecular weight excluding hydrogens is 308 g/mol. The molecule has 0 amide bonds. The number of furan rings is 1. The predicted molar refractivity (Wildman–Crippen MR) is 93.4 cm³/mol. The number of aromatic nitrogens is 2. The summed E-state index contributed by atoms with van der Waals surface area (Å²) in [6, 6.07) is 1.87. The molecule has 4 rings (SSSR count). The minimum Gasteiger partial charge on any atom is -0.472 e. The fraction of sp³-hybridized carbons (Fsp3) is 0.353. The van der Waals surface area contributed by atoms with E-state index in [9.17, 15) is 0 Å². The molecular formula is C17H18N4OS. The van der Waals surface area contributed by atoms with Crippen molar-refractivity contribution in [3.63, 3.8) is 0 Å². The van der Waals surface area contributed by atoms with Crippen molar-refractivity contribution in [3.05, 3.63) is 40.4 Å². The van der Waals surface area contributed by atoms with E-state index < -0.39 is 0 Å². The third-order valence-electron chi connectivity index (χ3n) is 4.10. The van der Waals surface area contributed by atoms with Gasteiger partial charge in [0, 0.05) is 16.9 Å². The van der Waals surface area contributed by atoms with Crippen LogP contribution in [0.5, 0.6) is 0 Å². The van der Waals surface area contributed by atoms with Gasteiger partial charge in [0.05, 0.1) is 24.1 Å². The highest BCUT2D eigenvalue weighted by atomic mass is 32.1. The molecule has 0 bridgehead atoms. The van der Waals surface area contributed by atoms with E-state index in [1.165, 1.54) is 23.3 Å².